The van der Waals surface area contributed by atoms with Crippen molar-refractivity contribution in [3.8, 4) is 0 Å². The van der Waals surface area contributed by atoms with E-state index in [0.29, 0.717) is 11.5 Å². The van der Waals surface area contributed by atoms with Crippen LogP contribution in [0.4, 0.5) is 0 Å². The predicted octanol–water partition coefficient (Wildman–Crippen LogP) is 4.59. The van der Waals surface area contributed by atoms with Crippen molar-refractivity contribution in [2.24, 2.45) is 0 Å². The predicted molar refractivity (Wildman–Crippen MR) is 96.8 cm³/mol. The molecule has 0 saturated carbocycles. The van der Waals surface area contributed by atoms with E-state index in [4.69, 9.17) is 34.8 Å². The van der Waals surface area contributed by atoms with Crippen molar-refractivity contribution < 1.29 is 8.42 Å². The Morgan fingerprint density at radius 1 is 0.682 bits per heavy atom. The van der Waals surface area contributed by atoms with Crippen LogP contribution in [0, 0.1) is 0 Å². The molecule has 2 unspecified atom stereocenters. The molecule has 2 atom stereocenters. The molecule has 120 valence electrons. The molecule has 2 aromatic rings. The van der Waals surface area contributed by atoms with E-state index in [0.717, 1.165) is 9.79 Å². The van der Waals surface area contributed by atoms with Crippen LogP contribution in [0.15, 0.2) is 70.5 Å². The van der Waals surface area contributed by atoms with Gasteiger partial charge in [-0.05, 0) is 24.3 Å². The number of hydrogen-bond donors (Lipinski definition) is 0. The Kier molecular flexibility index (Phi) is 10.0. The van der Waals surface area contributed by atoms with Gasteiger partial charge < -0.3 is 0 Å². The highest BCUT2D eigenvalue weighted by molar-refractivity contribution is 7.88. The third-order valence-corrected chi connectivity index (χ3v) is 5.47. The van der Waals surface area contributed by atoms with Crippen molar-refractivity contribution in [3.63, 3.8) is 0 Å². The molecule has 2 rings (SSSR count). The van der Waals surface area contributed by atoms with Crippen LogP contribution in [-0.4, -0.2) is 24.2 Å². The van der Waals surface area contributed by atoms with E-state index < -0.39 is 25.9 Å². The van der Waals surface area contributed by atoms with Crippen LogP contribution in [0.1, 0.15) is 0 Å². The SMILES string of the molecule is ClC(Cl)Cl.O=S(CCS(=O)c1ccccc1)c1ccccc1. The maximum Gasteiger partial charge on any atom is 0.180 e. The highest BCUT2D eigenvalue weighted by Gasteiger charge is 2.07. The smallest absolute Gasteiger partial charge is 0.180 e. The molecule has 0 aliphatic heterocycles. The highest BCUT2D eigenvalue weighted by Crippen LogP contribution is 2.09. The number of halogens is 3. The summed E-state index contributed by atoms with van der Waals surface area (Å²) in [6, 6.07) is 18.6. The largest absolute Gasteiger partial charge is 0.254 e. The minimum Gasteiger partial charge on any atom is -0.254 e. The standard InChI is InChI=1S/C14H14O2S2.CHCl3/c15-17(13-7-3-1-4-8-13)11-12-18(16)14-9-5-2-6-10-14;2-1(3)4/h1-10H,11-12H2;1H. The summed E-state index contributed by atoms with van der Waals surface area (Å²) in [4.78, 5) is 1.59. The normalized spacial score (nSPS) is 13.1. The van der Waals surface area contributed by atoms with Crippen molar-refractivity contribution in [1.29, 1.82) is 0 Å². The summed E-state index contributed by atoms with van der Waals surface area (Å²) in [6.45, 7) is 0. The van der Waals surface area contributed by atoms with Crippen LogP contribution < -0.4 is 0 Å². The first-order valence-corrected chi connectivity index (χ1v) is 10.2. The molecule has 0 N–H and O–H groups in total. The van der Waals surface area contributed by atoms with Gasteiger partial charge in [0, 0.05) is 21.3 Å². The van der Waals surface area contributed by atoms with Crippen LogP contribution in [-0.2, 0) is 21.6 Å². The highest BCUT2D eigenvalue weighted by atomic mass is 35.6. The fourth-order valence-corrected chi connectivity index (χ4v) is 4.14. The lowest BCUT2D eigenvalue weighted by atomic mass is 10.4. The molecule has 0 spiro atoms. The van der Waals surface area contributed by atoms with Gasteiger partial charge in [0.2, 0.25) is 0 Å². The van der Waals surface area contributed by atoms with Crippen LogP contribution in [0.25, 0.3) is 0 Å². The Bertz CT molecular complexity index is 538. The Balaban J connectivity index is 0.000000541. The van der Waals surface area contributed by atoms with Gasteiger partial charge in [-0.15, -0.1) is 0 Å². The molecule has 2 aromatic carbocycles. The summed E-state index contributed by atoms with van der Waals surface area (Å²) < 4.78 is 23.2. The van der Waals surface area contributed by atoms with Crippen molar-refractivity contribution in [2.75, 3.05) is 11.5 Å². The lowest BCUT2D eigenvalue weighted by molar-refractivity contribution is 0.678. The topological polar surface area (TPSA) is 34.1 Å². The fraction of sp³-hybridized carbons (Fsp3) is 0.200. The lowest BCUT2D eigenvalue weighted by Gasteiger charge is -2.03. The summed E-state index contributed by atoms with van der Waals surface area (Å²) in [5.74, 6) is 0.844. The van der Waals surface area contributed by atoms with Gasteiger partial charge >= 0.3 is 0 Å². The Morgan fingerprint density at radius 3 is 1.23 bits per heavy atom. The van der Waals surface area contributed by atoms with Gasteiger partial charge in [0.25, 0.3) is 0 Å². The Labute approximate surface area is 150 Å². The number of alkyl halides is 3. The zero-order chi connectivity index (χ0) is 16.4. The molecule has 0 amide bonds. The maximum absolute atomic E-state index is 12.0. The summed E-state index contributed by atoms with van der Waals surface area (Å²) in [5.41, 5.74) is 0. The van der Waals surface area contributed by atoms with E-state index in [9.17, 15) is 8.42 Å². The monoisotopic (exact) mass is 396 g/mol. The van der Waals surface area contributed by atoms with E-state index in [2.05, 4.69) is 0 Å². The summed E-state index contributed by atoms with van der Waals surface area (Å²) in [7, 11) is -2.14. The van der Waals surface area contributed by atoms with Crippen molar-refractivity contribution in [3.05, 3.63) is 60.7 Å². The zero-order valence-electron chi connectivity index (χ0n) is 11.5. The van der Waals surface area contributed by atoms with Gasteiger partial charge in [0.05, 0.1) is 21.6 Å². The third-order valence-electron chi connectivity index (χ3n) is 2.47. The van der Waals surface area contributed by atoms with Gasteiger partial charge in [0.15, 0.2) is 4.30 Å². The Hall–Kier alpha value is -0.390. The maximum atomic E-state index is 12.0. The molecule has 0 heterocycles. The van der Waals surface area contributed by atoms with Gasteiger partial charge in [-0.1, -0.05) is 71.2 Å². The quantitative estimate of drug-likeness (QED) is 0.692. The third kappa shape index (κ3) is 8.30. The van der Waals surface area contributed by atoms with Gasteiger partial charge in [-0.3, -0.25) is 8.42 Å². The van der Waals surface area contributed by atoms with E-state index in [1.165, 1.54) is 0 Å². The molecule has 0 radical (unpaired) electrons. The summed E-state index contributed by atoms with van der Waals surface area (Å²) in [6.07, 6.45) is 0. The van der Waals surface area contributed by atoms with E-state index in [-0.39, 0.29) is 0 Å². The second-order valence-electron chi connectivity index (χ2n) is 3.97. The molecular formula is C15H15Cl3O2S2. The molecule has 0 aliphatic rings. The van der Waals surface area contributed by atoms with E-state index in [1.54, 1.807) is 0 Å². The second-order valence-corrected chi connectivity index (χ2v) is 9.09. The molecule has 22 heavy (non-hydrogen) atoms. The average Bonchev–Trinajstić information content (AvgIpc) is 2.53. The molecule has 0 bridgehead atoms. The molecule has 0 fully saturated rings. The summed E-state index contributed by atoms with van der Waals surface area (Å²) >= 11 is 14.4. The van der Waals surface area contributed by atoms with Gasteiger partial charge in [-0.2, -0.15) is 0 Å². The van der Waals surface area contributed by atoms with E-state index in [1.807, 2.05) is 60.7 Å². The van der Waals surface area contributed by atoms with Crippen LogP contribution in [0.2, 0.25) is 0 Å². The number of benzene rings is 2. The van der Waals surface area contributed by atoms with Gasteiger partial charge in [-0.25, -0.2) is 0 Å². The van der Waals surface area contributed by atoms with Gasteiger partial charge in [0.1, 0.15) is 0 Å². The first-order chi connectivity index (χ1) is 10.5. The first-order valence-electron chi connectivity index (χ1n) is 6.29. The number of rotatable bonds is 5. The molecule has 2 nitrogen and oxygen atoms in total. The van der Waals surface area contributed by atoms with Crippen molar-refractivity contribution in [1.82, 2.24) is 0 Å². The van der Waals surface area contributed by atoms with Crippen molar-refractivity contribution in [2.45, 2.75) is 14.1 Å². The fourth-order valence-electron chi connectivity index (χ4n) is 1.53. The Morgan fingerprint density at radius 2 is 0.955 bits per heavy atom. The lowest BCUT2D eigenvalue weighted by Crippen LogP contribution is -2.08. The first kappa shape index (κ1) is 19.7. The molecule has 0 saturated heterocycles. The summed E-state index contributed by atoms with van der Waals surface area (Å²) in [5, 5.41) is 0. The molecule has 0 aromatic heterocycles. The minimum atomic E-state index is -1.07. The number of hydrogen-bond acceptors (Lipinski definition) is 2. The molecule has 7 heteroatoms. The minimum absolute atomic E-state index is 0.422. The second kappa shape index (κ2) is 11.2. The van der Waals surface area contributed by atoms with Crippen LogP contribution in [0.3, 0.4) is 0 Å². The van der Waals surface area contributed by atoms with Crippen LogP contribution >= 0.6 is 34.8 Å². The average molecular weight is 398 g/mol. The zero-order valence-corrected chi connectivity index (χ0v) is 15.4. The van der Waals surface area contributed by atoms with E-state index >= 15 is 0 Å². The van der Waals surface area contributed by atoms with Crippen LogP contribution in [0.5, 0.6) is 0 Å². The van der Waals surface area contributed by atoms with Crippen molar-refractivity contribution >= 4 is 56.4 Å². The molecule has 0 aliphatic carbocycles. The molecular weight excluding hydrogens is 383 g/mol.